The molecule has 3 heteroatoms. The van der Waals surface area contributed by atoms with Crippen molar-refractivity contribution in [2.45, 2.75) is 45.6 Å². The summed E-state index contributed by atoms with van der Waals surface area (Å²) in [6.07, 6.45) is 8.16. The highest BCUT2D eigenvalue weighted by molar-refractivity contribution is 5.17. The predicted octanol–water partition coefficient (Wildman–Crippen LogP) is 2.76. The van der Waals surface area contributed by atoms with Gasteiger partial charge in [-0.3, -0.25) is 0 Å². The molecule has 1 heterocycles. The molecule has 1 aromatic rings. The number of hydrogen-bond acceptors (Lipinski definition) is 3. The fraction of sp³-hybridized carbons (Fsp3) is 0.714. The number of hydrogen-bond donors (Lipinski definition) is 1. The lowest BCUT2D eigenvalue weighted by molar-refractivity contribution is -0.0870. The maximum atomic E-state index is 11.1. The second kappa shape index (κ2) is 4.73. The van der Waals surface area contributed by atoms with E-state index in [1.165, 1.54) is 12.7 Å². The van der Waals surface area contributed by atoms with Gasteiger partial charge in [0.15, 0.2) is 0 Å². The third-order valence-corrected chi connectivity index (χ3v) is 4.11. The van der Waals surface area contributed by atoms with Gasteiger partial charge in [0.1, 0.15) is 6.33 Å². The first-order chi connectivity index (χ1) is 8.04. The summed E-state index contributed by atoms with van der Waals surface area (Å²) in [6.45, 7) is 6.59. The van der Waals surface area contributed by atoms with Crippen LogP contribution in [0.5, 0.6) is 0 Å². The molecule has 0 bridgehead atoms. The fourth-order valence-corrected chi connectivity index (χ4v) is 3.23. The Morgan fingerprint density at radius 2 is 1.94 bits per heavy atom. The van der Waals surface area contributed by atoms with Crippen molar-refractivity contribution in [1.29, 1.82) is 0 Å². The first-order valence-electron chi connectivity index (χ1n) is 6.52. The van der Waals surface area contributed by atoms with Gasteiger partial charge in [-0.2, -0.15) is 0 Å². The predicted molar refractivity (Wildman–Crippen MR) is 67.3 cm³/mol. The molecule has 0 aliphatic heterocycles. The maximum Gasteiger partial charge on any atom is 0.115 e. The molecule has 0 saturated heterocycles. The molecule has 94 valence electrons. The molecule has 1 N–H and O–H groups in total. The molecule has 0 amide bonds. The molecule has 1 aromatic heterocycles. The summed E-state index contributed by atoms with van der Waals surface area (Å²) in [6, 6.07) is 0. The number of aliphatic hydroxyl groups is 1. The van der Waals surface area contributed by atoms with Gasteiger partial charge in [-0.05, 0) is 30.6 Å². The zero-order chi connectivity index (χ0) is 12.5. The Morgan fingerprint density at radius 3 is 2.53 bits per heavy atom. The van der Waals surface area contributed by atoms with Gasteiger partial charge >= 0.3 is 0 Å². The molecule has 1 saturated carbocycles. The molecule has 3 unspecified atom stereocenters. The molecule has 2 rings (SSSR count). The van der Waals surface area contributed by atoms with Gasteiger partial charge in [0.05, 0.1) is 5.60 Å². The minimum absolute atomic E-state index is 0.310. The quantitative estimate of drug-likeness (QED) is 0.856. The molecule has 1 aliphatic rings. The Hall–Kier alpha value is -0.960. The van der Waals surface area contributed by atoms with E-state index in [1.807, 2.05) is 0 Å². The minimum atomic E-state index is -0.743. The van der Waals surface area contributed by atoms with Crippen LogP contribution in [-0.4, -0.2) is 15.1 Å². The Morgan fingerprint density at radius 1 is 1.29 bits per heavy atom. The van der Waals surface area contributed by atoms with Crippen LogP contribution in [0.3, 0.4) is 0 Å². The zero-order valence-electron chi connectivity index (χ0n) is 10.9. The van der Waals surface area contributed by atoms with Gasteiger partial charge in [-0.25, -0.2) is 9.97 Å². The van der Waals surface area contributed by atoms with Crippen molar-refractivity contribution >= 4 is 0 Å². The van der Waals surface area contributed by atoms with Gasteiger partial charge < -0.3 is 5.11 Å². The van der Waals surface area contributed by atoms with Crippen molar-refractivity contribution in [3.8, 4) is 0 Å². The first kappa shape index (κ1) is 12.5. The van der Waals surface area contributed by atoms with E-state index < -0.39 is 5.60 Å². The average molecular weight is 234 g/mol. The average Bonchev–Trinajstić information content (AvgIpc) is 2.29. The van der Waals surface area contributed by atoms with Crippen LogP contribution in [-0.2, 0) is 5.60 Å². The van der Waals surface area contributed by atoms with Crippen molar-refractivity contribution in [3.05, 3.63) is 24.3 Å². The Bertz CT molecular complexity index is 366. The topological polar surface area (TPSA) is 46.0 Å². The van der Waals surface area contributed by atoms with E-state index >= 15 is 0 Å². The lowest BCUT2D eigenvalue weighted by Crippen LogP contribution is -2.43. The highest BCUT2D eigenvalue weighted by Crippen LogP contribution is 2.46. The van der Waals surface area contributed by atoms with E-state index in [-0.39, 0.29) is 0 Å². The zero-order valence-corrected chi connectivity index (χ0v) is 10.9. The summed E-state index contributed by atoms with van der Waals surface area (Å²) in [7, 11) is 0. The number of nitrogens with zero attached hydrogens (tertiary/aromatic N) is 2. The van der Waals surface area contributed by atoms with Crippen molar-refractivity contribution < 1.29 is 5.11 Å². The van der Waals surface area contributed by atoms with Gasteiger partial charge in [-0.15, -0.1) is 0 Å². The van der Waals surface area contributed by atoms with E-state index in [0.29, 0.717) is 17.8 Å². The van der Waals surface area contributed by atoms with Crippen LogP contribution in [0, 0.1) is 17.8 Å². The summed E-state index contributed by atoms with van der Waals surface area (Å²) in [5, 5.41) is 11.1. The van der Waals surface area contributed by atoms with Crippen LogP contribution in [0.15, 0.2) is 18.7 Å². The molecule has 3 nitrogen and oxygen atoms in total. The lowest BCUT2D eigenvalue weighted by Gasteiger charge is -2.44. The van der Waals surface area contributed by atoms with E-state index in [0.717, 1.165) is 18.4 Å². The van der Waals surface area contributed by atoms with Gasteiger partial charge in [0.25, 0.3) is 0 Å². The summed E-state index contributed by atoms with van der Waals surface area (Å²) in [4.78, 5) is 8.11. The summed E-state index contributed by atoms with van der Waals surface area (Å²) >= 11 is 0. The SMILES string of the molecule is CC1CCC(C(C)C)C(O)(c2cncnc2)C1. The van der Waals surface area contributed by atoms with E-state index in [1.54, 1.807) is 12.4 Å². The molecule has 1 fully saturated rings. The Labute approximate surface area is 103 Å². The van der Waals surface area contributed by atoms with Crippen molar-refractivity contribution in [1.82, 2.24) is 9.97 Å². The molecule has 0 spiro atoms. The summed E-state index contributed by atoms with van der Waals surface area (Å²) < 4.78 is 0. The molecule has 0 radical (unpaired) electrons. The largest absolute Gasteiger partial charge is 0.385 e. The fourth-order valence-electron chi connectivity index (χ4n) is 3.23. The maximum absolute atomic E-state index is 11.1. The second-order valence-electron chi connectivity index (χ2n) is 5.79. The third-order valence-electron chi connectivity index (χ3n) is 4.11. The number of rotatable bonds is 2. The lowest BCUT2D eigenvalue weighted by atomic mass is 9.65. The molecule has 3 atom stereocenters. The Balaban J connectivity index is 2.36. The van der Waals surface area contributed by atoms with Crippen LogP contribution in [0.25, 0.3) is 0 Å². The van der Waals surface area contributed by atoms with Crippen molar-refractivity contribution in [3.63, 3.8) is 0 Å². The van der Waals surface area contributed by atoms with Crippen LogP contribution < -0.4 is 0 Å². The minimum Gasteiger partial charge on any atom is -0.385 e. The molecular formula is C14H22N2O. The van der Waals surface area contributed by atoms with Gasteiger partial charge in [0, 0.05) is 18.0 Å². The van der Waals surface area contributed by atoms with E-state index in [4.69, 9.17) is 0 Å². The smallest absolute Gasteiger partial charge is 0.115 e. The van der Waals surface area contributed by atoms with Crippen LogP contribution in [0.1, 0.15) is 45.6 Å². The van der Waals surface area contributed by atoms with Crippen LogP contribution in [0.4, 0.5) is 0 Å². The van der Waals surface area contributed by atoms with Crippen molar-refractivity contribution in [2.75, 3.05) is 0 Å². The highest BCUT2D eigenvalue weighted by atomic mass is 16.3. The molecule has 17 heavy (non-hydrogen) atoms. The summed E-state index contributed by atoms with van der Waals surface area (Å²) in [5.41, 5.74) is 0.137. The second-order valence-corrected chi connectivity index (χ2v) is 5.79. The van der Waals surface area contributed by atoms with Crippen molar-refractivity contribution in [2.24, 2.45) is 17.8 Å². The van der Waals surface area contributed by atoms with Crippen LogP contribution >= 0.6 is 0 Å². The normalized spacial score (nSPS) is 33.9. The molecular weight excluding hydrogens is 212 g/mol. The third kappa shape index (κ3) is 2.34. The van der Waals surface area contributed by atoms with E-state index in [9.17, 15) is 5.11 Å². The number of aromatic nitrogens is 2. The van der Waals surface area contributed by atoms with Crippen LogP contribution in [0.2, 0.25) is 0 Å². The first-order valence-corrected chi connectivity index (χ1v) is 6.52. The van der Waals surface area contributed by atoms with Gasteiger partial charge in [-0.1, -0.05) is 27.2 Å². The summed E-state index contributed by atoms with van der Waals surface area (Å²) in [5.74, 6) is 1.35. The molecule has 1 aliphatic carbocycles. The standard InChI is InChI=1S/C14H22N2O/c1-10(2)13-5-4-11(3)6-14(13,17)12-7-15-9-16-8-12/h7-11,13,17H,4-6H2,1-3H3. The highest BCUT2D eigenvalue weighted by Gasteiger charge is 2.44. The van der Waals surface area contributed by atoms with E-state index in [2.05, 4.69) is 30.7 Å². The monoisotopic (exact) mass is 234 g/mol. The molecule has 0 aromatic carbocycles. The van der Waals surface area contributed by atoms with Gasteiger partial charge in [0.2, 0.25) is 0 Å². The Kier molecular flexibility index (Phi) is 3.48.